The Labute approximate surface area is 176 Å². The Balaban J connectivity index is 1.56. The zero-order chi connectivity index (χ0) is 21.1. The van der Waals surface area contributed by atoms with Crippen LogP contribution in [-0.4, -0.2) is 31.6 Å². The number of aromatic nitrogens is 4. The van der Waals surface area contributed by atoms with Crippen LogP contribution in [-0.2, 0) is 0 Å². The van der Waals surface area contributed by atoms with Crippen LogP contribution in [0, 0.1) is 10.1 Å². The maximum absolute atomic E-state index is 10.8. The fourth-order valence-electron chi connectivity index (χ4n) is 2.86. The molecule has 1 unspecified atom stereocenters. The van der Waals surface area contributed by atoms with Gasteiger partial charge in [0, 0.05) is 29.6 Å². The SMILES string of the molecule is CCNc1nc(SC(C)c2nnc(-c3ccc([N+](=O)[O-])cc3)o2)nc2ccccc12. The molecule has 0 saturated heterocycles. The quantitative estimate of drug-likeness (QED) is 0.192. The molecule has 0 aliphatic rings. The van der Waals surface area contributed by atoms with Crippen molar-refractivity contribution in [3.05, 3.63) is 64.5 Å². The molecule has 30 heavy (non-hydrogen) atoms. The number of nitrogens with zero attached hydrogens (tertiary/aromatic N) is 5. The van der Waals surface area contributed by atoms with Gasteiger partial charge in [-0.15, -0.1) is 10.2 Å². The van der Waals surface area contributed by atoms with Gasteiger partial charge in [-0.3, -0.25) is 10.1 Å². The van der Waals surface area contributed by atoms with Gasteiger partial charge < -0.3 is 9.73 Å². The van der Waals surface area contributed by atoms with Gasteiger partial charge in [0.15, 0.2) is 5.16 Å². The molecule has 0 aliphatic heterocycles. The van der Waals surface area contributed by atoms with Crippen LogP contribution in [0.3, 0.4) is 0 Å². The van der Waals surface area contributed by atoms with Crippen LogP contribution in [0.15, 0.2) is 58.1 Å². The third kappa shape index (κ3) is 4.08. The molecule has 0 fully saturated rings. The van der Waals surface area contributed by atoms with Crippen LogP contribution in [0.25, 0.3) is 22.4 Å². The van der Waals surface area contributed by atoms with E-state index in [0.29, 0.717) is 22.5 Å². The second kappa shape index (κ2) is 8.46. The highest BCUT2D eigenvalue weighted by molar-refractivity contribution is 7.99. The lowest BCUT2D eigenvalue weighted by Crippen LogP contribution is -2.03. The average Bonchev–Trinajstić information content (AvgIpc) is 3.24. The second-order valence-corrected chi connectivity index (χ2v) is 7.72. The van der Waals surface area contributed by atoms with E-state index in [1.54, 1.807) is 12.1 Å². The van der Waals surface area contributed by atoms with E-state index in [2.05, 4.69) is 25.5 Å². The van der Waals surface area contributed by atoms with Gasteiger partial charge in [0.05, 0.1) is 15.7 Å². The predicted molar refractivity (Wildman–Crippen MR) is 114 cm³/mol. The molecule has 2 heterocycles. The maximum atomic E-state index is 10.8. The summed E-state index contributed by atoms with van der Waals surface area (Å²) in [6.07, 6.45) is 0. The fraction of sp³-hybridized carbons (Fsp3) is 0.200. The topological polar surface area (TPSA) is 120 Å². The zero-order valence-electron chi connectivity index (χ0n) is 16.3. The van der Waals surface area contributed by atoms with E-state index in [9.17, 15) is 10.1 Å². The number of nitrogens with one attached hydrogen (secondary N) is 1. The summed E-state index contributed by atoms with van der Waals surface area (Å²) in [6, 6.07) is 13.8. The van der Waals surface area contributed by atoms with Crippen molar-refractivity contribution in [1.29, 1.82) is 0 Å². The van der Waals surface area contributed by atoms with Crippen molar-refractivity contribution < 1.29 is 9.34 Å². The molecule has 0 spiro atoms. The monoisotopic (exact) mass is 422 g/mol. The van der Waals surface area contributed by atoms with Gasteiger partial charge in [0.1, 0.15) is 5.82 Å². The molecular formula is C20H18N6O3S. The van der Waals surface area contributed by atoms with Crippen molar-refractivity contribution in [2.45, 2.75) is 24.3 Å². The first-order valence-electron chi connectivity index (χ1n) is 9.30. The molecule has 4 rings (SSSR count). The minimum absolute atomic E-state index is 0.00681. The molecule has 0 saturated carbocycles. The van der Waals surface area contributed by atoms with Gasteiger partial charge in [-0.05, 0) is 38.1 Å². The van der Waals surface area contributed by atoms with Crippen molar-refractivity contribution in [1.82, 2.24) is 20.2 Å². The van der Waals surface area contributed by atoms with E-state index in [1.807, 2.05) is 38.1 Å². The molecule has 1 N–H and O–H groups in total. The summed E-state index contributed by atoms with van der Waals surface area (Å²) in [5, 5.41) is 23.7. The van der Waals surface area contributed by atoms with Crippen LogP contribution in [0.2, 0.25) is 0 Å². The normalized spacial score (nSPS) is 12.1. The number of anilines is 1. The van der Waals surface area contributed by atoms with Crippen molar-refractivity contribution in [3.63, 3.8) is 0 Å². The van der Waals surface area contributed by atoms with E-state index in [-0.39, 0.29) is 10.9 Å². The van der Waals surface area contributed by atoms with Crippen molar-refractivity contribution in [2.75, 3.05) is 11.9 Å². The Morgan fingerprint density at radius 3 is 2.63 bits per heavy atom. The van der Waals surface area contributed by atoms with Crippen LogP contribution in [0.4, 0.5) is 11.5 Å². The predicted octanol–water partition coefficient (Wildman–Crippen LogP) is 4.87. The number of nitro benzene ring substituents is 1. The summed E-state index contributed by atoms with van der Waals surface area (Å²) in [5.74, 6) is 1.52. The fourth-order valence-corrected chi connectivity index (χ4v) is 3.67. The molecular weight excluding hydrogens is 404 g/mol. The maximum Gasteiger partial charge on any atom is 0.269 e. The largest absolute Gasteiger partial charge is 0.419 e. The van der Waals surface area contributed by atoms with Crippen LogP contribution in [0.5, 0.6) is 0 Å². The van der Waals surface area contributed by atoms with Gasteiger partial charge in [-0.25, -0.2) is 9.97 Å². The summed E-state index contributed by atoms with van der Waals surface area (Å²) in [5.41, 5.74) is 1.48. The van der Waals surface area contributed by atoms with Gasteiger partial charge in [-0.2, -0.15) is 0 Å². The highest BCUT2D eigenvalue weighted by atomic mass is 32.2. The van der Waals surface area contributed by atoms with Crippen molar-refractivity contribution in [2.24, 2.45) is 0 Å². The average molecular weight is 422 g/mol. The highest BCUT2D eigenvalue weighted by Crippen LogP contribution is 2.35. The van der Waals surface area contributed by atoms with Crippen LogP contribution < -0.4 is 5.32 Å². The zero-order valence-corrected chi connectivity index (χ0v) is 17.1. The van der Waals surface area contributed by atoms with Gasteiger partial charge in [0.25, 0.3) is 5.69 Å². The summed E-state index contributed by atoms with van der Waals surface area (Å²) in [7, 11) is 0. The molecule has 152 valence electrons. The lowest BCUT2D eigenvalue weighted by atomic mass is 10.2. The molecule has 10 heteroatoms. The van der Waals surface area contributed by atoms with Gasteiger partial charge in [-0.1, -0.05) is 23.9 Å². The standard InChI is InChI=1S/C20H18N6O3S/c1-3-21-17-15-6-4-5-7-16(15)22-20(23-17)30-12(2)18-24-25-19(29-18)13-8-10-14(11-9-13)26(27)28/h4-12H,3H2,1-2H3,(H,21,22,23). The minimum atomic E-state index is -0.451. The van der Waals surface area contributed by atoms with Crippen molar-refractivity contribution in [3.8, 4) is 11.5 Å². The lowest BCUT2D eigenvalue weighted by Gasteiger charge is -2.10. The first-order chi connectivity index (χ1) is 14.5. The molecule has 4 aromatic rings. The second-order valence-electron chi connectivity index (χ2n) is 6.41. The molecule has 2 aromatic heterocycles. The molecule has 0 bridgehead atoms. The number of hydrogen-bond acceptors (Lipinski definition) is 9. The Bertz CT molecular complexity index is 1190. The highest BCUT2D eigenvalue weighted by Gasteiger charge is 2.19. The number of hydrogen-bond donors (Lipinski definition) is 1. The third-order valence-corrected chi connectivity index (χ3v) is 5.27. The summed E-state index contributed by atoms with van der Waals surface area (Å²) in [6.45, 7) is 4.71. The van der Waals surface area contributed by atoms with E-state index < -0.39 is 4.92 Å². The molecule has 1 atom stereocenters. The third-order valence-electron chi connectivity index (χ3n) is 4.32. The van der Waals surface area contributed by atoms with Crippen LogP contribution in [0.1, 0.15) is 25.0 Å². The minimum Gasteiger partial charge on any atom is -0.419 e. The summed E-state index contributed by atoms with van der Waals surface area (Å²) >= 11 is 1.42. The number of fused-ring (bicyclic) bond motifs is 1. The lowest BCUT2D eigenvalue weighted by molar-refractivity contribution is -0.384. The number of thioether (sulfide) groups is 1. The molecule has 0 aliphatic carbocycles. The van der Waals surface area contributed by atoms with E-state index in [0.717, 1.165) is 23.3 Å². The number of nitro groups is 1. The van der Waals surface area contributed by atoms with Crippen molar-refractivity contribution >= 4 is 34.2 Å². The molecule has 2 aromatic carbocycles. The summed E-state index contributed by atoms with van der Waals surface area (Å²) in [4.78, 5) is 19.6. The van der Waals surface area contributed by atoms with Gasteiger partial charge in [0.2, 0.25) is 11.8 Å². The molecule has 9 nitrogen and oxygen atoms in total. The Morgan fingerprint density at radius 1 is 1.13 bits per heavy atom. The van der Waals surface area contributed by atoms with E-state index >= 15 is 0 Å². The van der Waals surface area contributed by atoms with E-state index in [4.69, 9.17) is 4.42 Å². The number of benzene rings is 2. The smallest absolute Gasteiger partial charge is 0.269 e. The summed E-state index contributed by atoms with van der Waals surface area (Å²) < 4.78 is 5.79. The van der Waals surface area contributed by atoms with E-state index in [1.165, 1.54) is 23.9 Å². The Morgan fingerprint density at radius 2 is 1.90 bits per heavy atom. The first kappa shape index (κ1) is 19.8. The Hall–Kier alpha value is -3.53. The first-order valence-corrected chi connectivity index (χ1v) is 10.2. The number of para-hydroxylation sites is 1. The number of non-ortho nitro benzene ring substituents is 1. The van der Waals surface area contributed by atoms with Gasteiger partial charge >= 0.3 is 0 Å². The van der Waals surface area contributed by atoms with Crippen LogP contribution >= 0.6 is 11.8 Å². The molecule has 0 radical (unpaired) electrons. The molecule has 0 amide bonds. The number of rotatable bonds is 7. The Kier molecular flexibility index (Phi) is 5.57.